The number of rotatable bonds is 4. The Kier molecular flexibility index (Phi) is 4.20. The lowest BCUT2D eigenvalue weighted by molar-refractivity contribution is -0.111. The van der Waals surface area contributed by atoms with E-state index in [9.17, 15) is 9.59 Å². The van der Waals surface area contributed by atoms with Crippen LogP contribution in [0.4, 0.5) is 0 Å². The number of H-pyrrole nitrogens is 1. The molecule has 0 unspecified atom stereocenters. The summed E-state index contributed by atoms with van der Waals surface area (Å²) in [6.07, 6.45) is -0.138. The molecule has 20 heavy (non-hydrogen) atoms. The third kappa shape index (κ3) is 3.05. The number of carbonyl (C=O) groups is 1. The highest BCUT2D eigenvalue weighted by Gasteiger charge is 2.12. The lowest BCUT2D eigenvalue weighted by Gasteiger charge is -2.09. The number of ether oxygens (including phenoxy) is 1. The Morgan fingerprint density at radius 2 is 2.15 bits per heavy atom. The second kappa shape index (κ2) is 5.88. The molecule has 0 bridgehead atoms. The Morgan fingerprint density at radius 1 is 1.40 bits per heavy atom. The van der Waals surface area contributed by atoms with Crippen LogP contribution < -0.4 is 10.3 Å². The summed E-state index contributed by atoms with van der Waals surface area (Å²) in [5.41, 5.74) is 2.15. The van der Waals surface area contributed by atoms with E-state index in [1.165, 1.54) is 0 Å². The number of carbonyl (C=O) groups excluding carboxylic acids is 1. The van der Waals surface area contributed by atoms with Crippen LogP contribution in [0.5, 0.6) is 5.75 Å². The number of methoxy groups -OCH3 is 1. The minimum Gasteiger partial charge on any atom is -0.496 e. The predicted octanol–water partition coefficient (Wildman–Crippen LogP) is 2.06. The predicted molar refractivity (Wildman–Crippen MR) is 76.1 cm³/mol. The zero-order chi connectivity index (χ0) is 14.7. The number of hydrogen-bond acceptors (Lipinski definition) is 4. The van der Waals surface area contributed by atoms with Gasteiger partial charge in [0.05, 0.1) is 19.2 Å². The average molecular weight is 293 g/mol. The fourth-order valence-electron chi connectivity index (χ4n) is 1.89. The molecule has 0 saturated heterocycles. The van der Waals surface area contributed by atoms with E-state index in [2.05, 4.69) is 10.2 Å². The minimum absolute atomic E-state index is 0.138. The van der Waals surface area contributed by atoms with Crippen molar-refractivity contribution in [2.45, 2.75) is 13.3 Å². The van der Waals surface area contributed by atoms with Crippen LogP contribution in [0.15, 0.2) is 29.1 Å². The van der Waals surface area contributed by atoms with Crippen LogP contribution in [0, 0.1) is 6.92 Å². The van der Waals surface area contributed by atoms with E-state index in [1.54, 1.807) is 13.2 Å². The van der Waals surface area contributed by atoms with E-state index in [1.807, 2.05) is 25.1 Å². The summed E-state index contributed by atoms with van der Waals surface area (Å²) in [6.45, 7) is 1.94. The van der Waals surface area contributed by atoms with Gasteiger partial charge in [-0.05, 0) is 36.7 Å². The van der Waals surface area contributed by atoms with Gasteiger partial charge in [0, 0.05) is 11.1 Å². The Morgan fingerprint density at radius 3 is 2.80 bits per heavy atom. The number of hydrogen-bond donors (Lipinski definition) is 1. The molecule has 6 heteroatoms. The zero-order valence-electron chi connectivity index (χ0n) is 11.1. The summed E-state index contributed by atoms with van der Waals surface area (Å²) >= 11 is 5.33. The quantitative estimate of drug-likeness (QED) is 0.876. The van der Waals surface area contributed by atoms with Gasteiger partial charge in [-0.25, -0.2) is 5.10 Å². The second-order valence-corrected chi connectivity index (χ2v) is 4.76. The van der Waals surface area contributed by atoms with Crippen LogP contribution in [0.25, 0.3) is 11.3 Å². The van der Waals surface area contributed by atoms with Crippen molar-refractivity contribution in [1.82, 2.24) is 10.2 Å². The third-order valence-corrected chi connectivity index (χ3v) is 2.97. The molecule has 1 aromatic carbocycles. The number of aromatic nitrogens is 2. The first kappa shape index (κ1) is 14.3. The Bertz CT molecular complexity index is 710. The standard InChI is InChI=1S/C14H13ClN2O3/c1-8-3-4-12(20-2)10(5-8)11-6-9(7-13(15)18)14(19)17-16-11/h3-6H,7H2,1-2H3,(H,17,19). The first-order valence-corrected chi connectivity index (χ1v) is 6.31. The fourth-order valence-corrected chi connectivity index (χ4v) is 2.03. The highest BCUT2D eigenvalue weighted by atomic mass is 35.5. The maximum atomic E-state index is 11.6. The van der Waals surface area contributed by atoms with E-state index < -0.39 is 10.8 Å². The fraction of sp³-hybridized carbons (Fsp3) is 0.214. The van der Waals surface area contributed by atoms with Crippen molar-refractivity contribution >= 4 is 16.8 Å². The normalized spacial score (nSPS) is 10.3. The highest BCUT2D eigenvalue weighted by Crippen LogP contribution is 2.29. The first-order valence-electron chi connectivity index (χ1n) is 5.93. The zero-order valence-corrected chi connectivity index (χ0v) is 11.8. The van der Waals surface area contributed by atoms with Gasteiger partial charge in [-0.1, -0.05) is 11.6 Å². The smallest absolute Gasteiger partial charge is 0.267 e. The molecule has 0 fully saturated rings. The average Bonchev–Trinajstić information content (AvgIpc) is 2.40. The molecule has 2 rings (SSSR count). The Balaban J connectivity index is 2.56. The molecule has 0 aliphatic rings. The van der Waals surface area contributed by atoms with E-state index in [4.69, 9.17) is 16.3 Å². The monoisotopic (exact) mass is 292 g/mol. The molecule has 1 aromatic heterocycles. The molecule has 0 radical (unpaired) electrons. The van der Waals surface area contributed by atoms with Gasteiger partial charge < -0.3 is 4.74 Å². The third-order valence-electron chi connectivity index (χ3n) is 2.84. The van der Waals surface area contributed by atoms with Gasteiger partial charge in [0.1, 0.15) is 5.75 Å². The molecule has 1 heterocycles. The summed E-state index contributed by atoms with van der Waals surface area (Å²) in [5, 5.41) is 5.77. The summed E-state index contributed by atoms with van der Waals surface area (Å²) < 4.78 is 5.28. The number of aromatic amines is 1. The molecule has 0 aliphatic heterocycles. The SMILES string of the molecule is COc1ccc(C)cc1-c1cc(CC(=O)Cl)c(=O)[nH]n1. The maximum absolute atomic E-state index is 11.6. The summed E-state index contributed by atoms with van der Waals surface area (Å²) in [6, 6.07) is 7.18. The van der Waals surface area contributed by atoms with Gasteiger partial charge >= 0.3 is 0 Å². The molecule has 0 spiro atoms. The number of nitrogens with one attached hydrogen (secondary N) is 1. The molecular formula is C14H13ClN2O3. The molecule has 0 saturated carbocycles. The largest absolute Gasteiger partial charge is 0.496 e. The summed E-state index contributed by atoms with van der Waals surface area (Å²) in [4.78, 5) is 22.6. The molecular weight excluding hydrogens is 280 g/mol. The number of halogens is 1. The first-order chi connectivity index (χ1) is 9.51. The lowest BCUT2D eigenvalue weighted by atomic mass is 10.1. The number of aryl methyl sites for hydroxylation is 1. The molecule has 0 amide bonds. The van der Waals surface area contributed by atoms with Crippen LogP contribution in [-0.4, -0.2) is 22.5 Å². The van der Waals surface area contributed by atoms with Crippen molar-refractivity contribution in [2.24, 2.45) is 0 Å². The second-order valence-electron chi connectivity index (χ2n) is 4.34. The van der Waals surface area contributed by atoms with Crippen molar-refractivity contribution in [3.63, 3.8) is 0 Å². The molecule has 0 atom stereocenters. The van der Waals surface area contributed by atoms with E-state index in [0.717, 1.165) is 11.1 Å². The van der Waals surface area contributed by atoms with Crippen LogP contribution in [-0.2, 0) is 11.2 Å². The van der Waals surface area contributed by atoms with Crippen LogP contribution in [0.1, 0.15) is 11.1 Å². The lowest BCUT2D eigenvalue weighted by Crippen LogP contribution is -2.16. The maximum Gasteiger partial charge on any atom is 0.267 e. The number of benzene rings is 1. The van der Waals surface area contributed by atoms with Gasteiger partial charge in [-0.2, -0.15) is 5.10 Å². The Hall–Kier alpha value is -2.14. The van der Waals surface area contributed by atoms with Crippen molar-refractivity contribution < 1.29 is 9.53 Å². The van der Waals surface area contributed by atoms with Gasteiger partial charge in [-0.3, -0.25) is 9.59 Å². The van der Waals surface area contributed by atoms with Crippen molar-refractivity contribution in [3.8, 4) is 17.0 Å². The van der Waals surface area contributed by atoms with Gasteiger partial charge in [0.2, 0.25) is 5.24 Å². The molecule has 0 aliphatic carbocycles. The molecule has 5 nitrogen and oxygen atoms in total. The van der Waals surface area contributed by atoms with Crippen LogP contribution in [0.3, 0.4) is 0 Å². The summed E-state index contributed by atoms with van der Waals surface area (Å²) in [7, 11) is 1.56. The van der Waals surface area contributed by atoms with Crippen molar-refractivity contribution in [3.05, 3.63) is 45.7 Å². The van der Waals surface area contributed by atoms with E-state index in [0.29, 0.717) is 11.4 Å². The van der Waals surface area contributed by atoms with Gasteiger partial charge in [-0.15, -0.1) is 0 Å². The van der Waals surface area contributed by atoms with E-state index >= 15 is 0 Å². The molecule has 2 aromatic rings. The van der Waals surface area contributed by atoms with Crippen molar-refractivity contribution in [2.75, 3.05) is 7.11 Å². The minimum atomic E-state index is -0.594. The number of nitrogens with zero attached hydrogens (tertiary/aromatic N) is 1. The van der Waals surface area contributed by atoms with Gasteiger partial charge in [0.25, 0.3) is 5.56 Å². The summed E-state index contributed by atoms with van der Waals surface area (Å²) in [5.74, 6) is 0.637. The topological polar surface area (TPSA) is 72.1 Å². The van der Waals surface area contributed by atoms with Crippen molar-refractivity contribution in [1.29, 1.82) is 0 Å². The molecule has 1 N–H and O–H groups in total. The van der Waals surface area contributed by atoms with Crippen LogP contribution >= 0.6 is 11.6 Å². The highest BCUT2D eigenvalue weighted by molar-refractivity contribution is 6.63. The van der Waals surface area contributed by atoms with E-state index in [-0.39, 0.29) is 12.0 Å². The van der Waals surface area contributed by atoms with Crippen LogP contribution in [0.2, 0.25) is 0 Å². The Labute approximate surface area is 120 Å². The molecule has 104 valence electrons. The van der Waals surface area contributed by atoms with Gasteiger partial charge in [0.15, 0.2) is 0 Å².